The molecule has 2 rings (SSSR count). The maximum Gasteiger partial charge on any atom is 0.244 e. The van der Waals surface area contributed by atoms with Gasteiger partial charge in [0, 0.05) is 28.7 Å². The third-order valence-electron chi connectivity index (χ3n) is 5.11. The third-order valence-corrected chi connectivity index (χ3v) is 7.06. The van der Waals surface area contributed by atoms with E-state index in [0.29, 0.717) is 32.6 Å². The molecule has 0 spiro atoms. The van der Waals surface area contributed by atoms with Gasteiger partial charge in [0.15, 0.2) is 0 Å². The zero-order chi connectivity index (χ0) is 24.9. The summed E-state index contributed by atoms with van der Waals surface area (Å²) in [4.78, 5) is 27.4. The summed E-state index contributed by atoms with van der Waals surface area (Å²) in [5.74, 6) is -0.943. The molecule has 180 valence electrons. The Hall–Kier alpha value is -2.00. The maximum atomic E-state index is 13.5. The maximum absolute atomic E-state index is 13.5. The van der Waals surface area contributed by atoms with Crippen LogP contribution in [0.25, 0.3) is 0 Å². The van der Waals surface area contributed by atoms with E-state index in [1.165, 1.54) is 18.0 Å². The molecule has 0 fully saturated rings. The SMILES string of the molecule is CC[C@H](C(=O)NC)N(Cc1ccc(Cl)cc1Cl)C(=O)CN(c1cc(Cl)ccc1C)S(C)(=O)=O. The van der Waals surface area contributed by atoms with Crippen LogP contribution in [-0.2, 0) is 26.2 Å². The summed E-state index contributed by atoms with van der Waals surface area (Å²) in [5, 5.41) is 3.65. The van der Waals surface area contributed by atoms with E-state index < -0.39 is 28.5 Å². The Labute approximate surface area is 209 Å². The molecule has 0 radical (unpaired) electrons. The van der Waals surface area contributed by atoms with E-state index in [4.69, 9.17) is 34.8 Å². The highest BCUT2D eigenvalue weighted by atomic mass is 35.5. The zero-order valence-corrected chi connectivity index (χ0v) is 21.8. The van der Waals surface area contributed by atoms with E-state index in [9.17, 15) is 18.0 Å². The lowest BCUT2D eigenvalue weighted by Gasteiger charge is -2.33. The van der Waals surface area contributed by atoms with Gasteiger partial charge in [-0.05, 0) is 48.7 Å². The number of carbonyl (C=O) groups excluding carboxylic acids is 2. The first-order valence-corrected chi connectivity index (χ1v) is 13.1. The monoisotopic (exact) mass is 533 g/mol. The van der Waals surface area contributed by atoms with Gasteiger partial charge in [0.1, 0.15) is 12.6 Å². The second-order valence-corrected chi connectivity index (χ2v) is 10.7. The van der Waals surface area contributed by atoms with Crippen molar-refractivity contribution in [2.45, 2.75) is 32.9 Å². The van der Waals surface area contributed by atoms with Gasteiger partial charge >= 0.3 is 0 Å². The van der Waals surface area contributed by atoms with Gasteiger partial charge in [-0.25, -0.2) is 8.42 Å². The number of sulfonamides is 1. The Kier molecular flexibility index (Phi) is 9.43. The summed E-state index contributed by atoms with van der Waals surface area (Å²) in [5.41, 5.74) is 1.49. The molecule has 0 unspecified atom stereocenters. The topological polar surface area (TPSA) is 86.8 Å². The Balaban J connectivity index is 2.51. The number of benzene rings is 2. The lowest BCUT2D eigenvalue weighted by atomic mass is 10.1. The summed E-state index contributed by atoms with van der Waals surface area (Å²) < 4.78 is 26.2. The van der Waals surface area contributed by atoms with Gasteiger partial charge in [-0.3, -0.25) is 13.9 Å². The van der Waals surface area contributed by atoms with Crippen LogP contribution in [0, 0.1) is 6.92 Å². The molecule has 2 aromatic carbocycles. The molecule has 1 atom stereocenters. The Bertz CT molecular complexity index is 1140. The molecule has 0 bridgehead atoms. The van der Waals surface area contributed by atoms with Crippen LogP contribution >= 0.6 is 34.8 Å². The number of hydrogen-bond acceptors (Lipinski definition) is 4. The van der Waals surface area contributed by atoms with Crippen LogP contribution in [0.4, 0.5) is 5.69 Å². The van der Waals surface area contributed by atoms with Gasteiger partial charge in [-0.1, -0.05) is 53.9 Å². The van der Waals surface area contributed by atoms with Crippen LogP contribution in [0.1, 0.15) is 24.5 Å². The third kappa shape index (κ3) is 6.99. The average molecular weight is 535 g/mol. The summed E-state index contributed by atoms with van der Waals surface area (Å²) in [6.45, 7) is 2.96. The molecule has 0 aliphatic rings. The summed E-state index contributed by atoms with van der Waals surface area (Å²) in [6, 6.07) is 8.79. The number of aryl methyl sites for hydroxylation is 1. The number of amides is 2. The van der Waals surface area contributed by atoms with Crippen molar-refractivity contribution < 1.29 is 18.0 Å². The van der Waals surface area contributed by atoms with Crippen molar-refractivity contribution in [3.8, 4) is 0 Å². The van der Waals surface area contributed by atoms with Crippen molar-refractivity contribution in [3.63, 3.8) is 0 Å². The predicted molar refractivity (Wildman–Crippen MR) is 134 cm³/mol. The number of hydrogen-bond donors (Lipinski definition) is 1. The first-order valence-electron chi connectivity index (χ1n) is 10.1. The molecule has 7 nitrogen and oxygen atoms in total. The largest absolute Gasteiger partial charge is 0.357 e. The van der Waals surface area contributed by atoms with Crippen LogP contribution < -0.4 is 9.62 Å². The number of halogens is 3. The average Bonchev–Trinajstić information content (AvgIpc) is 2.74. The van der Waals surface area contributed by atoms with Crippen molar-refractivity contribution in [3.05, 3.63) is 62.6 Å². The van der Waals surface area contributed by atoms with Crippen molar-refractivity contribution >= 4 is 62.3 Å². The van der Waals surface area contributed by atoms with Crippen LogP contribution in [0.2, 0.25) is 15.1 Å². The van der Waals surface area contributed by atoms with Gasteiger partial charge in [-0.2, -0.15) is 0 Å². The van der Waals surface area contributed by atoms with Crippen molar-refractivity contribution in [2.24, 2.45) is 0 Å². The predicted octanol–water partition coefficient (Wildman–Crippen LogP) is 4.27. The van der Waals surface area contributed by atoms with Gasteiger partial charge in [0.2, 0.25) is 21.8 Å². The number of likely N-dealkylation sites (N-methyl/N-ethyl adjacent to an activating group) is 1. The zero-order valence-electron chi connectivity index (χ0n) is 18.7. The van der Waals surface area contributed by atoms with Crippen LogP contribution in [-0.4, -0.2) is 51.0 Å². The van der Waals surface area contributed by atoms with Gasteiger partial charge < -0.3 is 10.2 Å². The molecule has 0 saturated heterocycles. The van der Waals surface area contributed by atoms with Crippen molar-refractivity contribution in [1.29, 1.82) is 0 Å². The molecule has 11 heteroatoms. The quantitative estimate of drug-likeness (QED) is 0.520. The van der Waals surface area contributed by atoms with Crippen LogP contribution in [0.15, 0.2) is 36.4 Å². The molecule has 33 heavy (non-hydrogen) atoms. The second-order valence-electron chi connectivity index (χ2n) is 7.50. The van der Waals surface area contributed by atoms with Crippen molar-refractivity contribution in [2.75, 3.05) is 24.2 Å². The summed E-state index contributed by atoms with van der Waals surface area (Å²) in [6.07, 6.45) is 1.32. The molecule has 0 saturated carbocycles. The summed E-state index contributed by atoms with van der Waals surface area (Å²) in [7, 11) is -2.37. The van der Waals surface area contributed by atoms with Crippen LogP contribution in [0.3, 0.4) is 0 Å². The molecule has 1 N–H and O–H groups in total. The van der Waals surface area contributed by atoms with E-state index in [2.05, 4.69) is 5.32 Å². The molecular formula is C22H26Cl3N3O4S. The van der Waals surface area contributed by atoms with Gasteiger partial charge in [0.25, 0.3) is 0 Å². The lowest BCUT2D eigenvalue weighted by Crippen LogP contribution is -2.51. The number of anilines is 1. The molecule has 0 aliphatic heterocycles. The fourth-order valence-corrected chi connectivity index (χ4v) is 4.90. The minimum absolute atomic E-state index is 0.00705. The molecule has 0 aromatic heterocycles. The number of nitrogens with one attached hydrogen (secondary N) is 1. The number of rotatable bonds is 9. The number of carbonyl (C=O) groups is 2. The lowest BCUT2D eigenvalue weighted by molar-refractivity contribution is -0.140. The minimum atomic E-state index is -3.85. The van der Waals surface area contributed by atoms with E-state index in [1.807, 2.05) is 0 Å². The smallest absolute Gasteiger partial charge is 0.244 e. The normalized spacial score (nSPS) is 12.2. The summed E-state index contributed by atoms with van der Waals surface area (Å²) >= 11 is 18.4. The van der Waals surface area contributed by atoms with E-state index in [-0.39, 0.29) is 18.1 Å². The van der Waals surface area contributed by atoms with E-state index >= 15 is 0 Å². The highest BCUT2D eigenvalue weighted by Crippen LogP contribution is 2.28. The molecule has 0 aliphatic carbocycles. The standard InChI is InChI=1S/C22H26Cl3N3O4S/c1-5-19(22(30)26-3)27(12-15-7-9-16(23)10-18(15)25)21(29)13-28(33(4,31)32)20-11-17(24)8-6-14(20)2/h6-11,19H,5,12-13H2,1-4H3,(H,26,30)/t19-/m1/s1. The fourth-order valence-electron chi connectivity index (χ4n) is 3.37. The Morgan fingerprint density at radius 2 is 1.67 bits per heavy atom. The second kappa shape index (κ2) is 11.4. The van der Waals surface area contributed by atoms with E-state index in [1.54, 1.807) is 44.2 Å². The van der Waals surface area contributed by atoms with Crippen LogP contribution in [0.5, 0.6) is 0 Å². The minimum Gasteiger partial charge on any atom is -0.357 e. The van der Waals surface area contributed by atoms with Gasteiger partial charge in [-0.15, -0.1) is 0 Å². The first-order chi connectivity index (χ1) is 15.4. The highest BCUT2D eigenvalue weighted by molar-refractivity contribution is 7.92. The molecule has 0 heterocycles. The van der Waals surface area contributed by atoms with Gasteiger partial charge in [0.05, 0.1) is 11.9 Å². The first kappa shape index (κ1) is 27.2. The number of nitrogens with zero attached hydrogens (tertiary/aromatic N) is 2. The Morgan fingerprint density at radius 1 is 1.06 bits per heavy atom. The fraction of sp³-hybridized carbons (Fsp3) is 0.364. The molecule has 2 amide bonds. The highest BCUT2D eigenvalue weighted by Gasteiger charge is 2.32. The molecular weight excluding hydrogens is 509 g/mol. The van der Waals surface area contributed by atoms with Crippen molar-refractivity contribution in [1.82, 2.24) is 10.2 Å². The molecule has 2 aromatic rings. The van der Waals surface area contributed by atoms with E-state index in [0.717, 1.165) is 10.6 Å². The Morgan fingerprint density at radius 3 is 2.21 bits per heavy atom.